The largest absolute Gasteiger partial charge is 0.310 e. The molecule has 0 unspecified atom stereocenters. The molecule has 182 valence electrons. The third kappa shape index (κ3) is 4.05. The van der Waals surface area contributed by atoms with E-state index >= 15 is 0 Å². The Kier molecular flexibility index (Phi) is 5.71. The summed E-state index contributed by atoms with van der Waals surface area (Å²) in [6.07, 6.45) is 6.69. The van der Waals surface area contributed by atoms with Gasteiger partial charge in [0.1, 0.15) is 0 Å². The number of hydrogen-bond acceptors (Lipinski definition) is 3. The molecule has 6 aromatic rings. The molecule has 1 aliphatic rings. The van der Waals surface area contributed by atoms with Gasteiger partial charge in [-0.15, -0.1) is 0 Å². The molecular formula is C33H23BrN4. The molecule has 4 aromatic carbocycles. The van der Waals surface area contributed by atoms with Crippen LogP contribution in [0.4, 0.5) is 0 Å². The summed E-state index contributed by atoms with van der Waals surface area (Å²) in [6.45, 7) is 0. The first-order valence-corrected chi connectivity index (χ1v) is 13.5. The maximum absolute atomic E-state index is 4.89. The van der Waals surface area contributed by atoms with Crippen molar-refractivity contribution < 1.29 is 0 Å². The fourth-order valence-corrected chi connectivity index (χ4v) is 5.44. The highest BCUT2D eigenvalue weighted by atomic mass is 79.9. The van der Waals surface area contributed by atoms with Crippen molar-refractivity contribution in [2.45, 2.75) is 12.8 Å². The first-order valence-electron chi connectivity index (χ1n) is 12.7. The van der Waals surface area contributed by atoms with Crippen LogP contribution in [0.25, 0.3) is 56.8 Å². The van der Waals surface area contributed by atoms with Crippen molar-refractivity contribution in [1.29, 1.82) is 0 Å². The number of para-hydroxylation sites is 1. The molecule has 0 aliphatic heterocycles. The average Bonchev–Trinajstić information content (AvgIpc) is 3.32. The molecule has 2 aromatic heterocycles. The van der Waals surface area contributed by atoms with Crippen LogP contribution in [0.5, 0.6) is 0 Å². The van der Waals surface area contributed by atoms with Crippen LogP contribution >= 0.6 is 15.9 Å². The van der Waals surface area contributed by atoms with E-state index in [1.54, 1.807) is 0 Å². The quantitative estimate of drug-likeness (QED) is 0.219. The number of halogens is 1. The van der Waals surface area contributed by atoms with Gasteiger partial charge in [0.2, 0.25) is 0 Å². The zero-order chi connectivity index (χ0) is 25.5. The van der Waals surface area contributed by atoms with Crippen molar-refractivity contribution >= 4 is 32.9 Å². The van der Waals surface area contributed by atoms with Crippen molar-refractivity contribution in [2.75, 3.05) is 0 Å². The van der Waals surface area contributed by atoms with Crippen molar-refractivity contribution in [1.82, 2.24) is 19.5 Å². The molecule has 0 spiro atoms. The number of fused-ring (bicyclic) bond motifs is 3. The number of nitrogens with zero attached hydrogens (tertiary/aromatic N) is 4. The van der Waals surface area contributed by atoms with E-state index in [2.05, 4.69) is 81.2 Å². The summed E-state index contributed by atoms with van der Waals surface area (Å²) >= 11 is 3.52. The second kappa shape index (κ2) is 9.51. The van der Waals surface area contributed by atoms with Crippen LogP contribution in [0.3, 0.4) is 0 Å². The van der Waals surface area contributed by atoms with E-state index in [1.165, 1.54) is 22.2 Å². The minimum Gasteiger partial charge on any atom is -0.310 e. The van der Waals surface area contributed by atoms with Crippen LogP contribution in [-0.2, 0) is 6.42 Å². The Bertz CT molecular complexity index is 1800. The number of benzene rings is 4. The molecule has 0 amide bonds. The SMILES string of the molecule is Brc1ccc(-c2nc(-c3ccccc3)nc(-c3ccc(-n4c5c(c6ccccc64)CCC=C5)cc3)n2)cc1. The molecule has 0 N–H and O–H groups in total. The summed E-state index contributed by atoms with van der Waals surface area (Å²) in [5.74, 6) is 1.97. The molecule has 0 saturated carbocycles. The van der Waals surface area contributed by atoms with E-state index in [0.29, 0.717) is 17.5 Å². The highest BCUT2D eigenvalue weighted by molar-refractivity contribution is 9.10. The Labute approximate surface area is 229 Å². The molecule has 0 atom stereocenters. The molecule has 0 radical (unpaired) electrons. The minimum atomic E-state index is 0.654. The summed E-state index contributed by atoms with van der Waals surface area (Å²) < 4.78 is 3.38. The molecule has 2 heterocycles. The maximum Gasteiger partial charge on any atom is 0.164 e. The lowest BCUT2D eigenvalue weighted by Gasteiger charge is -2.13. The predicted molar refractivity (Wildman–Crippen MR) is 158 cm³/mol. The lowest BCUT2D eigenvalue weighted by Crippen LogP contribution is -2.02. The molecule has 7 rings (SSSR count). The third-order valence-electron chi connectivity index (χ3n) is 7.01. The van der Waals surface area contributed by atoms with Gasteiger partial charge in [0.25, 0.3) is 0 Å². The van der Waals surface area contributed by atoms with Crippen molar-refractivity contribution in [3.8, 4) is 39.9 Å². The summed E-state index contributed by atoms with van der Waals surface area (Å²) in [5.41, 5.74) is 7.92. The number of allylic oxidation sites excluding steroid dienone is 1. The molecule has 4 nitrogen and oxygen atoms in total. The molecule has 0 saturated heterocycles. The molecule has 5 heteroatoms. The standard InChI is InChI=1S/C33H23BrN4/c34-25-18-14-23(15-19-25)32-35-31(22-8-2-1-3-9-22)36-33(37-32)24-16-20-26(21-17-24)38-29-12-6-4-10-27(29)28-11-5-7-13-30(28)38/h1-4,6-10,12-21H,5,11H2. The number of hydrogen-bond donors (Lipinski definition) is 0. The highest BCUT2D eigenvalue weighted by Gasteiger charge is 2.18. The zero-order valence-corrected chi connectivity index (χ0v) is 22.1. The number of aromatic nitrogens is 4. The van der Waals surface area contributed by atoms with Crippen LogP contribution < -0.4 is 0 Å². The van der Waals surface area contributed by atoms with Crippen LogP contribution in [0.1, 0.15) is 17.7 Å². The summed E-state index contributed by atoms with van der Waals surface area (Å²) in [7, 11) is 0. The van der Waals surface area contributed by atoms with E-state index in [-0.39, 0.29) is 0 Å². The zero-order valence-electron chi connectivity index (χ0n) is 20.6. The fraction of sp³-hybridized carbons (Fsp3) is 0.0606. The Hall–Kier alpha value is -4.35. The average molecular weight is 555 g/mol. The van der Waals surface area contributed by atoms with Gasteiger partial charge in [-0.3, -0.25) is 0 Å². The summed E-state index contributed by atoms with van der Waals surface area (Å²) in [5, 5.41) is 1.33. The smallest absolute Gasteiger partial charge is 0.164 e. The first-order chi connectivity index (χ1) is 18.7. The van der Waals surface area contributed by atoms with E-state index in [0.717, 1.165) is 39.7 Å². The molecule has 0 bridgehead atoms. The summed E-state index contributed by atoms with van der Waals surface area (Å²) in [4.78, 5) is 14.6. The lowest BCUT2D eigenvalue weighted by molar-refractivity contribution is 0.967. The minimum absolute atomic E-state index is 0.654. The fourth-order valence-electron chi connectivity index (χ4n) is 5.17. The Morgan fingerprint density at radius 1 is 0.605 bits per heavy atom. The molecular weight excluding hydrogens is 532 g/mol. The van der Waals surface area contributed by atoms with Gasteiger partial charge in [0.05, 0.1) is 5.52 Å². The Balaban J connectivity index is 1.35. The van der Waals surface area contributed by atoms with Crippen molar-refractivity contribution in [3.05, 3.63) is 125 Å². The normalized spacial score (nSPS) is 12.6. The number of aryl methyl sites for hydroxylation is 1. The number of rotatable bonds is 4. The van der Waals surface area contributed by atoms with Gasteiger partial charge in [0.15, 0.2) is 17.5 Å². The van der Waals surface area contributed by atoms with Crippen LogP contribution in [0.15, 0.2) is 114 Å². The highest BCUT2D eigenvalue weighted by Crippen LogP contribution is 2.34. The van der Waals surface area contributed by atoms with Gasteiger partial charge in [-0.1, -0.05) is 82.7 Å². The van der Waals surface area contributed by atoms with Crippen molar-refractivity contribution in [3.63, 3.8) is 0 Å². The third-order valence-corrected chi connectivity index (χ3v) is 7.54. The summed E-state index contributed by atoms with van der Waals surface area (Å²) in [6, 6.07) is 35.3. The van der Waals surface area contributed by atoms with Gasteiger partial charge in [-0.2, -0.15) is 0 Å². The van der Waals surface area contributed by atoms with E-state index in [9.17, 15) is 0 Å². The van der Waals surface area contributed by atoms with Crippen LogP contribution in [-0.4, -0.2) is 19.5 Å². The van der Waals surface area contributed by atoms with Gasteiger partial charge in [0, 0.05) is 37.9 Å². The van der Waals surface area contributed by atoms with Gasteiger partial charge in [-0.25, -0.2) is 15.0 Å². The molecule has 38 heavy (non-hydrogen) atoms. The van der Waals surface area contributed by atoms with Gasteiger partial charge >= 0.3 is 0 Å². The van der Waals surface area contributed by atoms with E-state index in [1.807, 2.05) is 54.6 Å². The Morgan fingerprint density at radius 3 is 1.87 bits per heavy atom. The molecule has 1 aliphatic carbocycles. The van der Waals surface area contributed by atoms with Crippen LogP contribution in [0.2, 0.25) is 0 Å². The van der Waals surface area contributed by atoms with Crippen molar-refractivity contribution in [2.24, 2.45) is 0 Å². The topological polar surface area (TPSA) is 43.6 Å². The maximum atomic E-state index is 4.89. The van der Waals surface area contributed by atoms with Gasteiger partial charge < -0.3 is 4.57 Å². The van der Waals surface area contributed by atoms with Crippen LogP contribution in [0, 0.1) is 0 Å². The van der Waals surface area contributed by atoms with E-state index in [4.69, 9.17) is 15.0 Å². The second-order valence-corrected chi connectivity index (χ2v) is 10.3. The molecule has 0 fully saturated rings. The monoisotopic (exact) mass is 554 g/mol. The predicted octanol–water partition coefficient (Wildman–Crippen LogP) is 8.54. The second-order valence-electron chi connectivity index (χ2n) is 9.38. The lowest BCUT2D eigenvalue weighted by atomic mass is 10.0. The van der Waals surface area contributed by atoms with Gasteiger partial charge in [-0.05, 0) is 66.9 Å². The van der Waals surface area contributed by atoms with E-state index < -0.39 is 0 Å². The first kappa shape index (κ1) is 22.8. The Morgan fingerprint density at radius 2 is 1.18 bits per heavy atom.